The number of pyridine rings is 1. The summed E-state index contributed by atoms with van der Waals surface area (Å²) in [5.74, 6) is 0. The van der Waals surface area contributed by atoms with Crippen molar-refractivity contribution in [3.8, 4) is 11.3 Å². The first-order chi connectivity index (χ1) is 8.08. The lowest BCUT2D eigenvalue weighted by Gasteiger charge is -2.08. The summed E-state index contributed by atoms with van der Waals surface area (Å²) in [6.45, 7) is 2.00. The molecule has 1 saturated carbocycles. The summed E-state index contributed by atoms with van der Waals surface area (Å²) in [4.78, 5) is 4.50. The number of hydrogen-bond acceptors (Lipinski definition) is 3. The summed E-state index contributed by atoms with van der Waals surface area (Å²) in [5.41, 5.74) is 10.2. The van der Waals surface area contributed by atoms with Crippen molar-refractivity contribution in [2.45, 2.75) is 25.3 Å². The summed E-state index contributed by atoms with van der Waals surface area (Å²) in [5, 5.41) is 4.32. The highest BCUT2D eigenvalue weighted by Crippen LogP contribution is 2.42. The number of rotatable bonds is 2. The fourth-order valence-corrected chi connectivity index (χ4v) is 2.12. The zero-order valence-corrected chi connectivity index (χ0v) is 10.1. The molecule has 0 spiro atoms. The molecule has 17 heavy (non-hydrogen) atoms. The van der Waals surface area contributed by atoms with Gasteiger partial charge >= 0.3 is 0 Å². The topological polar surface area (TPSA) is 56.7 Å². The van der Waals surface area contributed by atoms with E-state index in [1.807, 2.05) is 37.1 Å². The lowest BCUT2D eigenvalue weighted by molar-refractivity contribution is 0.735. The Bertz CT molecular complexity index is 549. The van der Waals surface area contributed by atoms with Crippen LogP contribution >= 0.6 is 0 Å². The van der Waals surface area contributed by atoms with Gasteiger partial charge in [0.2, 0.25) is 0 Å². The molecule has 1 fully saturated rings. The van der Waals surface area contributed by atoms with E-state index in [2.05, 4.69) is 16.1 Å². The van der Waals surface area contributed by atoms with Gasteiger partial charge in [-0.25, -0.2) is 0 Å². The lowest BCUT2D eigenvalue weighted by atomic mass is 10.1. The van der Waals surface area contributed by atoms with Crippen molar-refractivity contribution in [2.75, 3.05) is 0 Å². The molecular formula is C13H16N4. The number of nitrogens with zero attached hydrogens (tertiary/aromatic N) is 3. The molecule has 0 aromatic carbocycles. The van der Waals surface area contributed by atoms with E-state index < -0.39 is 0 Å². The molecular weight excluding hydrogens is 212 g/mol. The Hall–Kier alpha value is -1.68. The van der Waals surface area contributed by atoms with Crippen LogP contribution in [0.25, 0.3) is 11.3 Å². The maximum absolute atomic E-state index is 6.13. The van der Waals surface area contributed by atoms with Crippen molar-refractivity contribution >= 4 is 0 Å². The summed E-state index contributed by atoms with van der Waals surface area (Å²) >= 11 is 0. The van der Waals surface area contributed by atoms with Crippen molar-refractivity contribution in [1.29, 1.82) is 0 Å². The Kier molecular flexibility index (Phi) is 2.10. The van der Waals surface area contributed by atoms with Gasteiger partial charge in [-0.3, -0.25) is 9.67 Å². The lowest BCUT2D eigenvalue weighted by Crippen LogP contribution is -2.18. The molecule has 0 radical (unpaired) electrons. The van der Waals surface area contributed by atoms with Crippen LogP contribution in [0.5, 0.6) is 0 Å². The van der Waals surface area contributed by atoms with Crippen LogP contribution in [0.15, 0.2) is 24.5 Å². The molecule has 1 aliphatic carbocycles. The van der Waals surface area contributed by atoms with Crippen LogP contribution in [0.4, 0.5) is 0 Å². The molecule has 0 unspecified atom stereocenters. The van der Waals surface area contributed by atoms with Gasteiger partial charge in [0.05, 0.1) is 11.4 Å². The third kappa shape index (κ3) is 1.74. The molecule has 0 bridgehead atoms. The Morgan fingerprint density at radius 2 is 2.12 bits per heavy atom. The molecule has 4 nitrogen and oxygen atoms in total. The van der Waals surface area contributed by atoms with Crippen LogP contribution in [-0.2, 0) is 12.6 Å². The number of hydrogen-bond donors (Lipinski definition) is 1. The molecule has 2 aromatic rings. The average Bonchev–Trinajstić information content (AvgIpc) is 2.97. The Labute approximate surface area is 100 Å². The minimum atomic E-state index is -0.102. The third-order valence-corrected chi connectivity index (χ3v) is 3.42. The summed E-state index contributed by atoms with van der Waals surface area (Å²) < 4.78 is 1.81. The second kappa shape index (κ2) is 3.40. The van der Waals surface area contributed by atoms with Gasteiger partial charge in [-0.15, -0.1) is 0 Å². The van der Waals surface area contributed by atoms with Crippen molar-refractivity contribution in [2.24, 2.45) is 12.8 Å². The van der Waals surface area contributed by atoms with Crippen molar-refractivity contribution in [3.05, 3.63) is 35.8 Å². The standard InChI is InChI=1S/C13H16N4/c1-9-11(8-17(2)16-9)12-4-3-10(7-15-12)13(14)5-6-13/h3-4,7-8H,5-6,14H2,1-2H3. The molecule has 0 amide bonds. The molecule has 0 saturated heterocycles. The third-order valence-electron chi connectivity index (χ3n) is 3.42. The molecule has 88 valence electrons. The van der Waals surface area contributed by atoms with Gasteiger partial charge in [0.25, 0.3) is 0 Å². The fraction of sp³-hybridized carbons (Fsp3) is 0.385. The van der Waals surface area contributed by atoms with Gasteiger partial charge < -0.3 is 5.73 Å². The van der Waals surface area contributed by atoms with E-state index in [-0.39, 0.29) is 5.54 Å². The second-order valence-corrected chi connectivity index (χ2v) is 4.89. The van der Waals surface area contributed by atoms with Crippen LogP contribution in [0.2, 0.25) is 0 Å². The minimum Gasteiger partial charge on any atom is -0.321 e. The van der Waals surface area contributed by atoms with Crippen molar-refractivity contribution in [3.63, 3.8) is 0 Å². The molecule has 3 rings (SSSR count). The molecule has 2 N–H and O–H groups in total. The molecule has 0 aliphatic heterocycles. The van der Waals surface area contributed by atoms with Gasteiger partial charge in [0.15, 0.2) is 0 Å². The summed E-state index contributed by atoms with van der Waals surface area (Å²) in [7, 11) is 1.92. The van der Waals surface area contributed by atoms with Crippen molar-refractivity contribution < 1.29 is 0 Å². The first kappa shape index (κ1) is 10.5. The predicted molar refractivity (Wildman–Crippen MR) is 66.3 cm³/mol. The van der Waals surface area contributed by atoms with Crippen LogP contribution < -0.4 is 5.73 Å². The summed E-state index contributed by atoms with van der Waals surface area (Å²) in [6.07, 6.45) is 6.03. The van der Waals surface area contributed by atoms with Crippen LogP contribution in [0.1, 0.15) is 24.1 Å². The Morgan fingerprint density at radius 3 is 2.59 bits per heavy atom. The summed E-state index contributed by atoms with van der Waals surface area (Å²) in [6, 6.07) is 4.12. The van der Waals surface area contributed by atoms with Gasteiger partial charge in [-0.1, -0.05) is 6.07 Å². The largest absolute Gasteiger partial charge is 0.321 e. The van der Waals surface area contributed by atoms with E-state index in [1.54, 1.807) is 0 Å². The van der Waals surface area contributed by atoms with Gasteiger partial charge in [-0.05, 0) is 31.4 Å². The minimum absolute atomic E-state index is 0.102. The fourth-order valence-electron chi connectivity index (χ4n) is 2.12. The van der Waals surface area contributed by atoms with E-state index in [1.165, 1.54) is 0 Å². The molecule has 0 atom stereocenters. The number of aryl methyl sites for hydroxylation is 2. The molecule has 2 heterocycles. The van der Waals surface area contributed by atoms with Gasteiger partial charge in [0.1, 0.15) is 0 Å². The van der Waals surface area contributed by atoms with E-state index in [0.717, 1.165) is 35.4 Å². The zero-order valence-electron chi connectivity index (χ0n) is 10.1. The monoisotopic (exact) mass is 228 g/mol. The normalized spacial score (nSPS) is 17.1. The van der Waals surface area contributed by atoms with E-state index in [9.17, 15) is 0 Å². The van der Waals surface area contributed by atoms with Crippen molar-refractivity contribution in [1.82, 2.24) is 14.8 Å². The maximum atomic E-state index is 6.13. The van der Waals surface area contributed by atoms with E-state index >= 15 is 0 Å². The number of aromatic nitrogens is 3. The molecule has 2 aromatic heterocycles. The first-order valence-corrected chi connectivity index (χ1v) is 5.84. The van der Waals surface area contributed by atoms with Gasteiger partial charge in [-0.2, -0.15) is 5.10 Å². The second-order valence-electron chi connectivity index (χ2n) is 4.89. The number of nitrogens with two attached hydrogens (primary N) is 1. The smallest absolute Gasteiger partial charge is 0.0736 e. The van der Waals surface area contributed by atoms with E-state index in [4.69, 9.17) is 5.73 Å². The molecule has 1 aliphatic rings. The van der Waals surface area contributed by atoms with E-state index in [0.29, 0.717) is 0 Å². The highest BCUT2D eigenvalue weighted by Gasteiger charge is 2.40. The predicted octanol–water partition coefficient (Wildman–Crippen LogP) is 1.74. The maximum Gasteiger partial charge on any atom is 0.0736 e. The quantitative estimate of drug-likeness (QED) is 0.851. The Balaban J connectivity index is 1.97. The highest BCUT2D eigenvalue weighted by molar-refractivity contribution is 5.61. The SMILES string of the molecule is Cc1nn(C)cc1-c1ccc(C2(N)CC2)cn1. The van der Waals surface area contributed by atoms with Gasteiger partial charge in [0, 0.05) is 30.5 Å². The van der Waals surface area contributed by atoms with Crippen LogP contribution in [-0.4, -0.2) is 14.8 Å². The first-order valence-electron chi connectivity index (χ1n) is 5.84. The zero-order chi connectivity index (χ0) is 12.0. The van der Waals surface area contributed by atoms with Crippen LogP contribution in [0, 0.1) is 6.92 Å². The Morgan fingerprint density at radius 1 is 1.35 bits per heavy atom. The highest BCUT2D eigenvalue weighted by atomic mass is 15.2. The molecule has 4 heteroatoms. The average molecular weight is 228 g/mol. The van der Waals surface area contributed by atoms with Crippen LogP contribution in [0.3, 0.4) is 0 Å².